The smallest absolute Gasteiger partial charge is 0.414 e. The molecular formula is C28H34F2N6O6S. The number of hydrogen-bond acceptors (Lipinski definition) is 10. The van der Waals surface area contributed by atoms with Crippen LogP contribution in [0.3, 0.4) is 0 Å². The molecule has 0 aliphatic rings. The highest BCUT2D eigenvalue weighted by atomic mass is 32.2. The molecule has 2 aromatic carbocycles. The number of aromatic nitrogens is 2. The van der Waals surface area contributed by atoms with Gasteiger partial charge in [-0.15, -0.1) is 0 Å². The Hall–Kier alpha value is -4.53. The van der Waals surface area contributed by atoms with Crippen LogP contribution in [0.1, 0.15) is 26.3 Å². The van der Waals surface area contributed by atoms with Gasteiger partial charge in [0, 0.05) is 39.7 Å². The van der Waals surface area contributed by atoms with Gasteiger partial charge in [0.1, 0.15) is 33.7 Å². The molecule has 0 fully saturated rings. The maximum absolute atomic E-state index is 14.4. The molecule has 0 aliphatic carbocycles. The summed E-state index contributed by atoms with van der Waals surface area (Å²) in [5, 5.41) is 14.2. The molecule has 3 rings (SSSR count). The van der Waals surface area contributed by atoms with Crippen LogP contribution in [0.2, 0.25) is 0 Å². The average molecular weight is 621 g/mol. The number of nitrogens with zero attached hydrogens (tertiary/aromatic N) is 4. The molecule has 0 radical (unpaired) electrons. The largest absolute Gasteiger partial charge is 0.480 e. The van der Waals surface area contributed by atoms with Crippen molar-refractivity contribution < 1.29 is 36.6 Å². The molecule has 43 heavy (non-hydrogen) atoms. The minimum Gasteiger partial charge on any atom is -0.480 e. The van der Waals surface area contributed by atoms with E-state index < -0.39 is 49.8 Å². The second kappa shape index (κ2) is 14.1. The van der Waals surface area contributed by atoms with E-state index in [1.165, 1.54) is 30.2 Å². The zero-order valence-electron chi connectivity index (χ0n) is 24.3. The first-order valence-corrected chi connectivity index (χ1v) is 14.9. The molecule has 232 valence electrons. The molecule has 1 amide bonds. The lowest BCUT2D eigenvalue weighted by Gasteiger charge is -2.24. The summed E-state index contributed by atoms with van der Waals surface area (Å²) >= 11 is 0. The third-order valence-electron chi connectivity index (χ3n) is 6.39. The van der Waals surface area contributed by atoms with Gasteiger partial charge in [-0.2, -0.15) is 4.98 Å². The van der Waals surface area contributed by atoms with E-state index in [1.807, 2.05) is 18.7 Å². The van der Waals surface area contributed by atoms with Gasteiger partial charge in [0.25, 0.3) is 0 Å². The molecule has 2 atom stereocenters. The molecule has 0 spiro atoms. The van der Waals surface area contributed by atoms with Crippen LogP contribution in [0.5, 0.6) is 5.75 Å². The van der Waals surface area contributed by atoms with Crippen LogP contribution >= 0.6 is 0 Å². The van der Waals surface area contributed by atoms with Crippen molar-refractivity contribution >= 4 is 39.4 Å². The number of carboxylic acid groups (broad SMARTS) is 1. The van der Waals surface area contributed by atoms with Gasteiger partial charge >= 0.3 is 12.1 Å². The van der Waals surface area contributed by atoms with Crippen molar-refractivity contribution in [2.24, 2.45) is 0 Å². The molecule has 0 saturated heterocycles. The van der Waals surface area contributed by atoms with E-state index in [4.69, 9.17) is 4.74 Å². The van der Waals surface area contributed by atoms with Crippen LogP contribution in [0.4, 0.5) is 31.0 Å². The third-order valence-corrected chi connectivity index (χ3v) is 8.38. The summed E-state index contributed by atoms with van der Waals surface area (Å²) in [5.74, 6) is -2.83. The number of carbonyl (C=O) groups excluding carboxylic acids is 1. The second-order valence-corrected chi connectivity index (χ2v) is 11.9. The van der Waals surface area contributed by atoms with Crippen LogP contribution < -0.4 is 20.3 Å². The second-order valence-electron chi connectivity index (χ2n) is 9.66. The molecule has 15 heteroatoms. The number of amides is 1. The Morgan fingerprint density at radius 2 is 1.70 bits per heavy atom. The Morgan fingerprint density at radius 1 is 1.05 bits per heavy atom. The van der Waals surface area contributed by atoms with Crippen molar-refractivity contribution in [2.45, 2.75) is 43.5 Å². The predicted molar refractivity (Wildman–Crippen MR) is 157 cm³/mol. The first kappa shape index (κ1) is 33.0. The molecule has 0 saturated carbocycles. The Kier molecular flexibility index (Phi) is 10.8. The number of carbonyl (C=O) groups is 2. The lowest BCUT2D eigenvalue weighted by atomic mass is 10.1. The quantitative estimate of drug-likeness (QED) is 0.238. The minimum atomic E-state index is -4.35. The number of nitrogens with one attached hydrogen (secondary N) is 2. The summed E-state index contributed by atoms with van der Waals surface area (Å²) in [7, 11) is -1.27. The van der Waals surface area contributed by atoms with E-state index in [2.05, 4.69) is 20.6 Å². The standard InChI is InChI=1S/C28H34F2N6O6S/c1-6-36(7-2)27-31-16-23(32-17(3)43(40,41)24-13-10-19(29)15-21(24)30)25(34-27)33-22(26(37)38)14-18-8-11-20(12-9-18)42-28(39)35(4)5/h8-13,15-17,22,32H,6-7,14H2,1-5H3,(H,37,38)(H,31,33,34). The summed E-state index contributed by atoms with van der Waals surface area (Å²) in [5.41, 5.74) is 0.645. The number of benzene rings is 2. The number of rotatable bonds is 13. The van der Waals surface area contributed by atoms with Crippen LogP contribution in [-0.2, 0) is 21.1 Å². The van der Waals surface area contributed by atoms with Crippen LogP contribution in [0, 0.1) is 11.6 Å². The molecule has 1 aromatic heterocycles. The number of ether oxygens (including phenoxy) is 1. The van der Waals surface area contributed by atoms with Crippen molar-refractivity contribution in [3.63, 3.8) is 0 Å². The highest BCUT2D eigenvalue weighted by molar-refractivity contribution is 7.92. The fourth-order valence-electron chi connectivity index (χ4n) is 3.93. The minimum absolute atomic E-state index is 0.00228. The summed E-state index contributed by atoms with van der Waals surface area (Å²) in [4.78, 5) is 35.2. The molecule has 3 aromatic rings. The molecule has 12 nitrogen and oxygen atoms in total. The van der Waals surface area contributed by atoms with Crippen molar-refractivity contribution in [1.82, 2.24) is 14.9 Å². The predicted octanol–water partition coefficient (Wildman–Crippen LogP) is 4.00. The molecule has 2 unspecified atom stereocenters. The average Bonchev–Trinajstić information content (AvgIpc) is 2.95. The molecule has 3 N–H and O–H groups in total. The summed E-state index contributed by atoms with van der Waals surface area (Å²) in [6.45, 7) is 6.13. The maximum Gasteiger partial charge on any atom is 0.414 e. The zero-order valence-corrected chi connectivity index (χ0v) is 25.2. The van der Waals surface area contributed by atoms with Crippen molar-refractivity contribution in [2.75, 3.05) is 42.7 Å². The van der Waals surface area contributed by atoms with E-state index in [0.29, 0.717) is 24.7 Å². The number of sulfone groups is 1. The molecular weight excluding hydrogens is 586 g/mol. The van der Waals surface area contributed by atoms with Crippen LogP contribution in [0.15, 0.2) is 53.6 Å². The number of halogens is 2. The number of anilines is 3. The zero-order chi connectivity index (χ0) is 31.9. The fraction of sp³-hybridized carbons (Fsp3) is 0.357. The first-order valence-electron chi connectivity index (χ1n) is 13.3. The lowest BCUT2D eigenvalue weighted by molar-refractivity contribution is -0.137. The van der Waals surface area contributed by atoms with Gasteiger partial charge in [-0.1, -0.05) is 12.1 Å². The third kappa shape index (κ3) is 8.28. The normalized spacial score (nSPS) is 12.6. The van der Waals surface area contributed by atoms with Gasteiger partial charge in [-0.05, 0) is 50.6 Å². The number of hydrogen-bond donors (Lipinski definition) is 3. The van der Waals surface area contributed by atoms with E-state index in [9.17, 15) is 31.9 Å². The van der Waals surface area contributed by atoms with E-state index >= 15 is 0 Å². The maximum atomic E-state index is 14.4. The Morgan fingerprint density at radius 3 is 2.26 bits per heavy atom. The summed E-state index contributed by atoms with van der Waals surface area (Å²) in [6.07, 6.45) is 0.725. The number of carboxylic acids is 1. The lowest BCUT2D eigenvalue weighted by Crippen LogP contribution is -2.34. The summed E-state index contributed by atoms with van der Waals surface area (Å²) < 4.78 is 59.2. The van der Waals surface area contributed by atoms with E-state index in [0.717, 1.165) is 12.1 Å². The fourth-order valence-corrected chi connectivity index (χ4v) is 5.18. The van der Waals surface area contributed by atoms with Gasteiger partial charge < -0.3 is 30.3 Å². The van der Waals surface area contributed by atoms with Gasteiger partial charge in [-0.25, -0.2) is 31.8 Å². The van der Waals surface area contributed by atoms with Crippen LogP contribution in [-0.4, -0.2) is 79.1 Å². The first-order chi connectivity index (χ1) is 20.3. The highest BCUT2D eigenvalue weighted by Gasteiger charge is 2.29. The Balaban J connectivity index is 1.92. The SMILES string of the molecule is CCN(CC)c1ncc(NC(C)S(=O)(=O)c2ccc(F)cc2F)c(NC(Cc2ccc(OC(=O)N(C)C)cc2)C(=O)O)n1. The van der Waals surface area contributed by atoms with E-state index in [1.54, 1.807) is 26.2 Å². The van der Waals surface area contributed by atoms with Crippen LogP contribution in [0.25, 0.3) is 0 Å². The van der Waals surface area contributed by atoms with Gasteiger partial charge in [-0.3, -0.25) is 0 Å². The number of aliphatic carboxylic acids is 1. The van der Waals surface area contributed by atoms with Gasteiger partial charge in [0.2, 0.25) is 15.8 Å². The molecule has 0 bridgehead atoms. The van der Waals surface area contributed by atoms with Gasteiger partial charge in [0.05, 0.1) is 11.9 Å². The Bertz CT molecular complexity index is 1550. The van der Waals surface area contributed by atoms with Crippen molar-refractivity contribution in [1.29, 1.82) is 0 Å². The van der Waals surface area contributed by atoms with Gasteiger partial charge in [0.15, 0.2) is 5.82 Å². The highest BCUT2D eigenvalue weighted by Crippen LogP contribution is 2.27. The topological polar surface area (TPSA) is 154 Å². The molecule has 1 heterocycles. The van der Waals surface area contributed by atoms with E-state index in [-0.39, 0.29) is 29.6 Å². The molecule has 0 aliphatic heterocycles. The summed E-state index contributed by atoms with van der Waals surface area (Å²) in [6, 6.07) is 7.23. The van der Waals surface area contributed by atoms with Crippen molar-refractivity contribution in [3.05, 3.63) is 65.9 Å². The monoisotopic (exact) mass is 620 g/mol. The Labute approximate surface area is 248 Å². The van der Waals surface area contributed by atoms with Crippen molar-refractivity contribution in [3.8, 4) is 5.75 Å².